The highest BCUT2D eigenvalue weighted by molar-refractivity contribution is 6.24. The zero-order valence-electron chi connectivity index (χ0n) is 40.2. The minimum atomic E-state index is -0.708. The van der Waals surface area contributed by atoms with Crippen LogP contribution in [-0.2, 0) is 5.41 Å². The molecule has 0 saturated carbocycles. The molecule has 0 aliphatic heterocycles. The molecule has 0 aromatic heterocycles. The molecule has 0 saturated heterocycles. The van der Waals surface area contributed by atoms with Crippen molar-refractivity contribution in [2.75, 3.05) is 9.80 Å². The van der Waals surface area contributed by atoms with E-state index in [1.165, 1.54) is 110 Å². The van der Waals surface area contributed by atoms with E-state index >= 15 is 0 Å². The largest absolute Gasteiger partial charge is 0.310 e. The van der Waals surface area contributed by atoms with Crippen LogP contribution >= 0.6 is 0 Å². The average molecular weight is 887 g/mol. The molecule has 11 aromatic rings. The van der Waals surface area contributed by atoms with Gasteiger partial charge in [0.15, 0.2) is 0 Å². The number of anilines is 6. The van der Waals surface area contributed by atoms with Gasteiger partial charge >= 0.3 is 0 Å². The Kier molecular flexibility index (Phi) is 10.1. The molecule has 0 heterocycles. The Morgan fingerprint density at radius 1 is 0.290 bits per heavy atom. The second kappa shape index (κ2) is 16.5. The summed E-state index contributed by atoms with van der Waals surface area (Å²) in [5.41, 5.74) is 21.3. The number of rotatable bonds is 8. The lowest BCUT2D eigenvalue weighted by Gasteiger charge is -2.36. The Bertz CT molecular complexity index is 3730. The first-order valence-corrected chi connectivity index (χ1v) is 24.3. The smallest absolute Gasteiger partial charge is 0.0720 e. The van der Waals surface area contributed by atoms with Crippen LogP contribution in [-0.4, -0.2) is 0 Å². The number of benzene rings is 11. The molecule has 0 radical (unpaired) electrons. The molecular formula is C67H54N2. The van der Waals surface area contributed by atoms with Crippen LogP contribution < -0.4 is 9.80 Å². The van der Waals surface area contributed by atoms with Crippen molar-refractivity contribution >= 4 is 66.4 Å². The third kappa shape index (κ3) is 6.69. The summed E-state index contributed by atoms with van der Waals surface area (Å²) >= 11 is 0. The fraction of sp³-hybridized carbons (Fsp3) is 0.104. The van der Waals surface area contributed by atoms with Gasteiger partial charge in [-0.15, -0.1) is 0 Å². The molecule has 0 N–H and O–H groups in total. The van der Waals surface area contributed by atoms with E-state index in [1.54, 1.807) is 0 Å². The van der Waals surface area contributed by atoms with Crippen LogP contribution in [0.2, 0.25) is 0 Å². The van der Waals surface area contributed by atoms with Crippen molar-refractivity contribution in [2.45, 2.75) is 47.0 Å². The zero-order valence-corrected chi connectivity index (χ0v) is 40.2. The van der Waals surface area contributed by atoms with E-state index in [0.717, 1.165) is 22.7 Å². The second-order valence-corrected chi connectivity index (χ2v) is 19.3. The number of hydrogen-bond acceptors (Lipinski definition) is 2. The SMILES string of the molecule is Cc1ccc(N(c2ccc3c4c(c5ccccc5c3c2)-c2c(cc(N(c3ccc(C)cc3)c3cc(C)ccc3C)c3ccccc23)C4(c2ccccc2)c2ccccc2)c2cc(C)ccc2C)cc1. The number of hydrogen-bond donors (Lipinski definition) is 0. The molecule has 0 atom stereocenters. The molecule has 0 spiro atoms. The van der Waals surface area contributed by atoms with Gasteiger partial charge in [0, 0.05) is 33.8 Å². The molecule has 12 rings (SSSR count). The molecule has 2 heteroatoms. The van der Waals surface area contributed by atoms with E-state index in [1.807, 2.05) is 0 Å². The Labute approximate surface area is 406 Å². The molecule has 0 amide bonds. The molecule has 69 heavy (non-hydrogen) atoms. The molecule has 332 valence electrons. The van der Waals surface area contributed by atoms with E-state index in [0.29, 0.717) is 0 Å². The summed E-state index contributed by atoms with van der Waals surface area (Å²) in [6.07, 6.45) is 0. The number of nitrogens with zero attached hydrogens (tertiary/aromatic N) is 2. The summed E-state index contributed by atoms with van der Waals surface area (Å²) in [5.74, 6) is 0. The lowest BCUT2D eigenvalue weighted by atomic mass is 9.66. The Hall–Kier alpha value is -8.20. The van der Waals surface area contributed by atoms with Crippen LogP contribution in [0, 0.1) is 41.5 Å². The van der Waals surface area contributed by atoms with E-state index in [-0.39, 0.29) is 0 Å². The van der Waals surface area contributed by atoms with E-state index in [4.69, 9.17) is 0 Å². The van der Waals surface area contributed by atoms with Gasteiger partial charge in [0.05, 0.1) is 11.1 Å². The maximum absolute atomic E-state index is 2.56. The van der Waals surface area contributed by atoms with Crippen molar-refractivity contribution in [3.05, 3.63) is 274 Å². The number of aryl methyl sites for hydroxylation is 6. The van der Waals surface area contributed by atoms with Crippen molar-refractivity contribution in [3.8, 4) is 11.1 Å². The van der Waals surface area contributed by atoms with E-state index in [2.05, 4.69) is 270 Å². The van der Waals surface area contributed by atoms with Crippen LogP contribution in [0.5, 0.6) is 0 Å². The molecule has 1 aliphatic rings. The van der Waals surface area contributed by atoms with Gasteiger partial charge in [-0.25, -0.2) is 0 Å². The number of fused-ring (bicyclic) bond motifs is 10. The molecule has 0 fully saturated rings. The van der Waals surface area contributed by atoms with Gasteiger partial charge in [-0.2, -0.15) is 0 Å². The van der Waals surface area contributed by atoms with Crippen LogP contribution in [0.4, 0.5) is 34.1 Å². The first kappa shape index (κ1) is 42.2. The highest BCUT2D eigenvalue weighted by atomic mass is 15.2. The Morgan fingerprint density at radius 3 is 1.30 bits per heavy atom. The van der Waals surface area contributed by atoms with Gasteiger partial charge in [0.1, 0.15) is 0 Å². The maximum Gasteiger partial charge on any atom is 0.0720 e. The third-order valence-electron chi connectivity index (χ3n) is 14.8. The van der Waals surface area contributed by atoms with Crippen molar-refractivity contribution in [1.29, 1.82) is 0 Å². The van der Waals surface area contributed by atoms with E-state index < -0.39 is 5.41 Å². The van der Waals surface area contributed by atoms with Crippen molar-refractivity contribution in [1.82, 2.24) is 0 Å². The fourth-order valence-corrected chi connectivity index (χ4v) is 11.5. The predicted octanol–water partition coefficient (Wildman–Crippen LogP) is 18.3. The fourth-order valence-electron chi connectivity index (χ4n) is 11.5. The van der Waals surface area contributed by atoms with Crippen molar-refractivity contribution < 1.29 is 0 Å². The van der Waals surface area contributed by atoms with Gasteiger partial charge in [0.2, 0.25) is 0 Å². The van der Waals surface area contributed by atoms with Gasteiger partial charge in [-0.05, 0) is 179 Å². The first-order chi connectivity index (χ1) is 33.7. The second-order valence-electron chi connectivity index (χ2n) is 19.3. The van der Waals surface area contributed by atoms with Gasteiger partial charge in [-0.1, -0.05) is 175 Å². The molecule has 2 nitrogen and oxygen atoms in total. The van der Waals surface area contributed by atoms with Gasteiger partial charge in [-0.3, -0.25) is 0 Å². The molecule has 11 aromatic carbocycles. The van der Waals surface area contributed by atoms with Gasteiger partial charge in [0.25, 0.3) is 0 Å². The first-order valence-electron chi connectivity index (χ1n) is 24.3. The molecule has 1 aliphatic carbocycles. The average Bonchev–Trinajstić information content (AvgIpc) is 3.70. The summed E-state index contributed by atoms with van der Waals surface area (Å²) in [4.78, 5) is 4.97. The zero-order chi connectivity index (χ0) is 47.0. The molecule has 0 unspecified atom stereocenters. The lowest BCUT2D eigenvalue weighted by Crippen LogP contribution is -2.29. The summed E-state index contributed by atoms with van der Waals surface area (Å²) in [6, 6.07) is 82.4. The Balaban J connectivity index is 1.25. The van der Waals surface area contributed by atoms with Crippen LogP contribution in [0.1, 0.15) is 55.6 Å². The van der Waals surface area contributed by atoms with Crippen molar-refractivity contribution in [3.63, 3.8) is 0 Å². The summed E-state index contributed by atoms with van der Waals surface area (Å²) in [5, 5.41) is 7.42. The highest BCUT2D eigenvalue weighted by Crippen LogP contribution is 2.63. The van der Waals surface area contributed by atoms with Crippen molar-refractivity contribution in [2.24, 2.45) is 0 Å². The normalized spacial score (nSPS) is 12.6. The standard InChI is InChI=1S/C67H54N2/c1-43-27-33-51(34-28-43)68(61-39-45(3)25-31-47(61)5)53-37-38-58-59(41-53)54-21-13-15-23-56(54)65-64-57-24-16-14-22-55(57)63(69(52-35-29-44(2)30-36-52)62-40-46(4)26-32-48(62)6)42-60(64)67(66(58)65,49-17-9-7-10-18-49)50-19-11-8-12-20-50/h7-42H,1-6H3. The monoisotopic (exact) mass is 886 g/mol. The quantitative estimate of drug-likeness (QED) is 0.140. The maximum atomic E-state index is 2.56. The third-order valence-corrected chi connectivity index (χ3v) is 14.8. The summed E-state index contributed by atoms with van der Waals surface area (Å²) < 4.78 is 0. The summed E-state index contributed by atoms with van der Waals surface area (Å²) in [7, 11) is 0. The topological polar surface area (TPSA) is 6.48 Å². The highest BCUT2D eigenvalue weighted by Gasteiger charge is 2.49. The lowest BCUT2D eigenvalue weighted by molar-refractivity contribution is 0.776. The molecular weight excluding hydrogens is 833 g/mol. The van der Waals surface area contributed by atoms with Crippen LogP contribution in [0.25, 0.3) is 43.4 Å². The van der Waals surface area contributed by atoms with E-state index in [9.17, 15) is 0 Å². The van der Waals surface area contributed by atoms with Crippen LogP contribution in [0.15, 0.2) is 218 Å². The predicted molar refractivity (Wildman–Crippen MR) is 294 cm³/mol. The minimum Gasteiger partial charge on any atom is -0.310 e. The minimum absolute atomic E-state index is 0.708. The van der Waals surface area contributed by atoms with Crippen LogP contribution in [0.3, 0.4) is 0 Å². The Morgan fingerprint density at radius 2 is 0.739 bits per heavy atom. The summed E-state index contributed by atoms with van der Waals surface area (Å²) in [6.45, 7) is 13.2. The molecule has 0 bridgehead atoms. The van der Waals surface area contributed by atoms with Gasteiger partial charge < -0.3 is 9.80 Å².